The van der Waals surface area contributed by atoms with Crippen molar-refractivity contribution in [1.29, 1.82) is 0 Å². The summed E-state index contributed by atoms with van der Waals surface area (Å²) in [7, 11) is 0. The Morgan fingerprint density at radius 2 is 2.27 bits per heavy atom. The molecule has 11 heavy (non-hydrogen) atoms. The molecule has 68 valence electrons. The molecule has 0 saturated carbocycles. The van der Waals surface area contributed by atoms with Crippen LogP contribution in [-0.2, 0) is 0 Å². The molecule has 0 fully saturated rings. The van der Waals surface area contributed by atoms with E-state index in [9.17, 15) is 0 Å². The highest BCUT2D eigenvalue weighted by atomic mass is 32.2. The summed E-state index contributed by atoms with van der Waals surface area (Å²) in [6.45, 7) is 6.63. The summed E-state index contributed by atoms with van der Waals surface area (Å²) >= 11 is 1.90. The van der Waals surface area contributed by atoms with Crippen molar-refractivity contribution in [3.05, 3.63) is 0 Å². The maximum absolute atomic E-state index is 8.71. The third kappa shape index (κ3) is 8.17. The molecule has 0 rings (SSSR count). The minimum absolute atomic E-state index is 0.314. The van der Waals surface area contributed by atoms with Crippen molar-refractivity contribution < 1.29 is 5.11 Å². The number of hydrogen-bond acceptors (Lipinski definition) is 3. The van der Waals surface area contributed by atoms with Crippen LogP contribution in [0.3, 0.4) is 0 Å². The van der Waals surface area contributed by atoms with E-state index in [0.717, 1.165) is 24.6 Å². The summed E-state index contributed by atoms with van der Waals surface area (Å²) in [4.78, 5) is 0. The van der Waals surface area contributed by atoms with Gasteiger partial charge in [-0.2, -0.15) is 11.8 Å². The maximum Gasteiger partial charge on any atom is 0.0464 e. The summed E-state index contributed by atoms with van der Waals surface area (Å²) in [6, 6.07) is 0. The molecule has 0 aromatic carbocycles. The minimum Gasteiger partial charge on any atom is -0.396 e. The Morgan fingerprint density at radius 3 is 2.82 bits per heavy atom. The highest BCUT2D eigenvalue weighted by Gasteiger charge is 1.98. The molecular weight excluding hydrogens is 158 g/mol. The molecule has 0 aromatic rings. The minimum atomic E-state index is 0.314. The number of aliphatic hydroxyl groups is 1. The summed E-state index contributed by atoms with van der Waals surface area (Å²) in [6.07, 6.45) is 0. The van der Waals surface area contributed by atoms with Crippen LogP contribution in [0.1, 0.15) is 13.8 Å². The van der Waals surface area contributed by atoms with Crippen LogP contribution in [0.4, 0.5) is 0 Å². The van der Waals surface area contributed by atoms with Crippen LogP contribution in [-0.4, -0.2) is 36.3 Å². The summed E-state index contributed by atoms with van der Waals surface area (Å²) in [5.41, 5.74) is 0. The predicted molar refractivity (Wildman–Crippen MR) is 52.1 cm³/mol. The first-order chi connectivity index (χ1) is 5.31. The van der Waals surface area contributed by atoms with Gasteiger partial charge in [0.1, 0.15) is 0 Å². The standard InChI is InChI=1S/C8H19NOS/c1-3-9-4-5-11-7-8(2)6-10/h8-10H,3-7H2,1-2H3. The normalized spacial score (nSPS) is 13.4. The zero-order valence-corrected chi connectivity index (χ0v) is 8.28. The van der Waals surface area contributed by atoms with Crippen molar-refractivity contribution in [3.63, 3.8) is 0 Å². The van der Waals surface area contributed by atoms with E-state index < -0.39 is 0 Å². The Balaban J connectivity index is 2.89. The molecule has 2 N–H and O–H groups in total. The molecule has 0 aliphatic carbocycles. The molecule has 1 atom stereocenters. The topological polar surface area (TPSA) is 32.3 Å². The molecule has 0 radical (unpaired) electrons. The van der Waals surface area contributed by atoms with E-state index in [1.165, 1.54) is 0 Å². The van der Waals surface area contributed by atoms with E-state index in [0.29, 0.717) is 12.5 Å². The van der Waals surface area contributed by atoms with Gasteiger partial charge in [-0.05, 0) is 18.2 Å². The van der Waals surface area contributed by atoms with E-state index in [-0.39, 0.29) is 0 Å². The molecule has 2 nitrogen and oxygen atoms in total. The lowest BCUT2D eigenvalue weighted by molar-refractivity contribution is 0.250. The largest absolute Gasteiger partial charge is 0.396 e. The number of thioether (sulfide) groups is 1. The van der Waals surface area contributed by atoms with Crippen molar-refractivity contribution in [2.24, 2.45) is 5.92 Å². The molecule has 0 aliphatic heterocycles. The monoisotopic (exact) mass is 177 g/mol. The van der Waals surface area contributed by atoms with Gasteiger partial charge >= 0.3 is 0 Å². The highest BCUT2D eigenvalue weighted by molar-refractivity contribution is 7.99. The fourth-order valence-electron chi connectivity index (χ4n) is 0.658. The first-order valence-electron chi connectivity index (χ1n) is 4.20. The quantitative estimate of drug-likeness (QED) is 0.568. The lowest BCUT2D eigenvalue weighted by Crippen LogP contribution is -2.16. The smallest absolute Gasteiger partial charge is 0.0464 e. The van der Waals surface area contributed by atoms with E-state index in [1.54, 1.807) is 0 Å². The fraction of sp³-hybridized carbons (Fsp3) is 1.00. The van der Waals surface area contributed by atoms with E-state index in [4.69, 9.17) is 5.11 Å². The van der Waals surface area contributed by atoms with Gasteiger partial charge in [0.2, 0.25) is 0 Å². The SMILES string of the molecule is CCNCCSCC(C)CO. The van der Waals surface area contributed by atoms with Gasteiger partial charge in [-0.15, -0.1) is 0 Å². The summed E-state index contributed by atoms with van der Waals surface area (Å²) in [5, 5.41) is 12.0. The van der Waals surface area contributed by atoms with Crippen molar-refractivity contribution in [1.82, 2.24) is 5.32 Å². The molecule has 0 aromatic heterocycles. The first-order valence-corrected chi connectivity index (χ1v) is 5.36. The van der Waals surface area contributed by atoms with Gasteiger partial charge in [0.25, 0.3) is 0 Å². The molecule has 0 aliphatic rings. The Hall–Kier alpha value is 0.270. The Kier molecular flexibility index (Phi) is 8.57. The van der Waals surface area contributed by atoms with Crippen LogP contribution in [0.2, 0.25) is 0 Å². The average Bonchev–Trinajstić information content (AvgIpc) is 2.04. The summed E-state index contributed by atoms with van der Waals surface area (Å²) < 4.78 is 0. The van der Waals surface area contributed by atoms with E-state index in [1.807, 2.05) is 11.8 Å². The molecule has 0 amide bonds. The van der Waals surface area contributed by atoms with Crippen LogP contribution < -0.4 is 5.32 Å². The van der Waals surface area contributed by atoms with E-state index >= 15 is 0 Å². The number of nitrogens with one attached hydrogen (secondary N) is 1. The zero-order valence-electron chi connectivity index (χ0n) is 7.47. The second-order valence-electron chi connectivity index (χ2n) is 2.72. The number of rotatable bonds is 7. The van der Waals surface area contributed by atoms with Gasteiger partial charge in [-0.3, -0.25) is 0 Å². The highest BCUT2D eigenvalue weighted by Crippen LogP contribution is 2.05. The summed E-state index contributed by atoms with van der Waals surface area (Å²) in [5.74, 6) is 2.67. The van der Waals surface area contributed by atoms with Gasteiger partial charge in [0, 0.05) is 18.9 Å². The molecule has 1 unspecified atom stereocenters. The van der Waals surface area contributed by atoms with Gasteiger partial charge < -0.3 is 10.4 Å². The van der Waals surface area contributed by atoms with Crippen molar-refractivity contribution >= 4 is 11.8 Å². The Labute approximate surface area is 73.8 Å². The predicted octanol–water partition coefficient (Wildman–Crippen LogP) is 0.957. The second-order valence-corrected chi connectivity index (χ2v) is 3.87. The average molecular weight is 177 g/mol. The van der Waals surface area contributed by atoms with Crippen LogP contribution in [0.25, 0.3) is 0 Å². The molecular formula is C8H19NOS. The molecule has 0 heterocycles. The van der Waals surface area contributed by atoms with Crippen molar-refractivity contribution in [2.75, 3.05) is 31.2 Å². The number of hydrogen-bond donors (Lipinski definition) is 2. The lowest BCUT2D eigenvalue weighted by Gasteiger charge is -2.06. The van der Waals surface area contributed by atoms with Gasteiger partial charge in [-0.1, -0.05) is 13.8 Å². The van der Waals surface area contributed by atoms with Crippen molar-refractivity contribution in [2.45, 2.75) is 13.8 Å². The van der Waals surface area contributed by atoms with Crippen LogP contribution in [0.5, 0.6) is 0 Å². The van der Waals surface area contributed by atoms with Gasteiger partial charge in [0.05, 0.1) is 0 Å². The third-order valence-electron chi connectivity index (χ3n) is 1.39. The Morgan fingerprint density at radius 1 is 1.55 bits per heavy atom. The van der Waals surface area contributed by atoms with E-state index in [2.05, 4.69) is 19.2 Å². The van der Waals surface area contributed by atoms with Gasteiger partial charge in [0.15, 0.2) is 0 Å². The molecule has 0 bridgehead atoms. The number of aliphatic hydroxyl groups excluding tert-OH is 1. The molecule has 0 saturated heterocycles. The molecule has 0 spiro atoms. The van der Waals surface area contributed by atoms with Crippen LogP contribution >= 0.6 is 11.8 Å². The maximum atomic E-state index is 8.71. The van der Waals surface area contributed by atoms with Crippen LogP contribution in [0.15, 0.2) is 0 Å². The van der Waals surface area contributed by atoms with Gasteiger partial charge in [-0.25, -0.2) is 0 Å². The van der Waals surface area contributed by atoms with Crippen molar-refractivity contribution in [3.8, 4) is 0 Å². The lowest BCUT2D eigenvalue weighted by atomic mass is 10.2. The molecule has 3 heteroatoms. The van der Waals surface area contributed by atoms with Crippen LogP contribution in [0, 0.1) is 5.92 Å². The Bertz CT molecular complexity index is 80.5. The third-order valence-corrected chi connectivity index (χ3v) is 2.68. The zero-order chi connectivity index (χ0) is 8.53. The second kappa shape index (κ2) is 8.37. The first kappa shape index (κ1) is 11.3. The fourth-order valence-corrected chi connectivity index (χ4v) is 1.62.